The van der Waals surface area contributed by atoms with Crippen LogP contribution in [0.3, 0.4) is 0 Å². The molecule has 1 heterocycles. The highest BCUT2D eigenvalue weighted by atomic mass is 35.5. The van der Waals surface area contributed by atoms with Gasteiger partial charge in [-0.1, -0.05) is 11.6 Å². The molecule has 0 atom stereocenters. The van der Waals surface area contributed by atoms with E-state index in [1.807, 2.05) is 13.8 Å². The first-order valence-electron chi connectivity index (χ1n) is 3.87. The van der Waals surface area contributed by atoms with Crippen LogP contribution in [0.15, 0.2) is 12.5 Å². The van der Waals surface area contributed by atoms with Crippen LogP contribution in [-0.4, -0.2) is 21.9 Å². The summed E-state index contributed by atoms with van der Waals surface area (Å²) in [6.07, 6.45) is 2.69. The number of hydrogen-bond acceptors (Lipinski definition) is 3. The third-order valence-corrected chi connectivity index (χ3v) is 1.58. The molecule has 0 unspecified atom stereocenters. The number of nitrogens with zero attached hydrogens (tertiary/aromatic N) is 2. The van der Waals surface area contributed by atoms with Gasteiger partial charge in [0, 0.05) is 12.2 Å². The molecule has 0 aliphatic rings. The molecule has 0 fully saturated rings. The molecule has 5 heteroatoms. The number of carbonyl (C=O) groups excluding carboxylic acids is 1. The van der Waals surface area contributed by atoms with Gasteiger partial charge in [-0.05, 0) is 13.8 Å². The Labute approximate surface area is 81.3 Å². The molecule has 0 saturated heterocycles. The van der Waals surface area contributed by atoms with Crippen LogP contribution in [0.5, 0.6) is 0 Å². The predicted molar refractivity (Wildman–Crippen MR) is 49.6 cm³/mol. The van der Waals surface area contributed by atoms with Crippen LogP contribution >= 0.6 is 11.6 Å². The SMILES string of the molecule is CC(C)NC(=O)c1ncncc1Cl. The minimum absolute atomic E-state index is 0.0681. The summed E-state index contributed by atoms with van der Waals surface area (Å²) in [5.74, 6) is -0.276. The molecular formula is C8H10ClN3O. The van der Waals surface area contributed by atoms with Crippen molar-refractivity contribution >= 4 is 17.5 Å². The lowest BCUT2D eigenvalue weighted by Crippen LogP contribution is -2.31. The topological polar surface area (TPSA) is 54.9 Å². The van der Waals surface area contributed by atoms with Gasteiger partial charge in [-0.3, -0.25) is 4.79 Å². The largest absolute Gasteiger partial charge is 0.348 e. The van der Waals surface area contributed by atoms with Crippen molar-refractivity contribution in [1.29, 1.82) is 0 Å². The van der Waals surface area contributed by atoms with E-state index in [1.165, 1.54) is 12.5 Å². The van der Waals surface area contributed by atoms with Crippen molar-refractivity contribution in [2.45, 2.75) is 19.9 Å². The van der Waals surface area contributed by atoms with Crippen LogP contribution in [0.4, 0.5) is 0 Å². The highest BCUT2D eigenvalue weighted by molar-refractivity contribution is 6.33. The molecule has 1 amide bonds. The highest BCUT2D eigenvalue weighted by Gasteiger charge is 2.11. The molecule has 13 heavy (non-hydrogen) atoms. The molecule has 70 valence electrons. The molecule has 0 aromatic carbocycles. The molecule has 0 bridgehead atoms. The van der Waals surface area contributed by atoms with Crippen LogP contribution in [0, 0.1) is 0 Å². The van der Waals surface area contributed by atoms with E-state index in [2.05, 4.69) is 15.3 Å². The monoisotopic (exact) mass is 199 g/mol. The Hall–Kier alpha value is -1.16. The zero-order valence-electron chi connectivity index (χ0n) is 7.41. The first-order chi connectivity index (χ1) is 6.11. The van der Waals surface area contributed by atoms with Crippen molar-refractivity contribution in [3.05, 3.63) is 23.2 Å². The summed E-state index contributed by atoms with van der Waals surface area (Å²) in [5, 5.41) is 2.95. The first-order valence-corrected chi connectivity index (χ1v) is 4.25. The molecule has 1 N–H and O–H groups in total. The van der Waals surface area contributed by atoms with Crippen molar-refractivity contribution in [2.24, 2.45) is 0 Å². The van der Waals surface area contributed by atoms with Crippen LogP contribution in [0.2, 0.25) is 5.02 Å². The maximum atomic E-state index is 11.4. The molecule has 1 rings (SSSR count). The van der Waals surface area contributed by atoms with Gasteiger partial charge in [0.25, 0.3) is 5.91 Å². The van der Waals surface area contributed by atoms with E-state index in [-0.39, 0.29) is 22.7 Å². The third-order valence-electron chi connectivity index (χ3n) is 1.30. The summed E-state index contributed by atoms with van der Waals surface area (Å²) in [7, 11) is 0. The maximum Gasteiger partial charge on any atom is 0.271 e. The van der Waals surface area contributed by atoms with E-state index in [9.17, 15) is 4.79 Å². The van der Waals surface area contributed by atoms with E-state index in [0.29, 0.717) is 0 Å². The van der Waals surface area contributed by atoms with Gasteiger partial charge in [0.2, 0.25) is 0 Å². The number of hydrogen-bond donors (Lipinski definition) is 1. The van der Waals surface area contributed by atoms with Gasteiger partial charge < -0.3 is 5.32 Å². The molecule has 1 aromatic heterocycles. The van der Waals surface area contributed by atoms with Crippen LogP contribution in [-0.2, 0) is 0 Å². The average molecular weight is 200 g/mol. The Morgan fingerprint density at radius 1 is 1.62 bits per heavy atom. The second-order valence-electron chi connectivity index (χ2n) is 2.85. The highest BCUT2D eigenvalue weighted by Crippen LogP contribution is 2.10. The Balaban J connectivity index is 2.83. The summed E-state index contributed by atoms with van der Waals surface area (Å²) < 4.78 is 0. The zero-order chi connectivity index (χ0) is 9.84. The lowest BCUT2D eigenvalue weighted by Gasteiger charge is -2.07. The summed E-state index contributed by atoms with van der Waals surface area (Å²) in [6, 6.07) is 0.0681. The number of nitrogens with one attached hydrogen (secondary N) is 1. The van der Waals surface area contributed by atoms with Gasteiger partial charge in [-0.25, -0.2) is 9.97 Å². The fourth-order valence-electron chi connectivity index (χ4n) is 0.810. The van der Waals surface area contributed by atoms with Gasteiger partial charge in [0.15, 0.2) is 0 Å². The second-order valence-corrected chi connectivity index (χ2v) is 3.25. The van der Waals surface area contributed by atoms with E-state index >= 15 is 0 Å². The summed E-state index contributed by atoms with van der Waals surface area (Å²) in [5.41, 5.74) is 0.213. The Kier molecular flexibility index (Phi) is 3.19. The van der Waals surface area contributed by atoms with E-state index in [4.69, 9.17) is 11.6 Å². The minimum Gasteiger partial charge on any atom is -0.348 e. The Morgan fingerprint density at radius 2 is 2.31 bits per heavy atom. The molecule has 0 aliphatic heterocycles. The molecule has 0 radical (unpaired) electrons. The summed E-state index contributed by atoms with van der Waals surface area (Å²) in [6.45, 7) is 3.74. The molecule has 0 saturated carbocycles. The van der Waals surface area contributed by atoms with Crippen molar-refractivity contribution in [3.8, 4) is 0 Å². The Morgan fingerprint density at radius 3 is 2.85 bits per heavy atom. The van der Waals surface area contributed by atoms with Gasteiger partial charge >= 0.3 is 0 Å². The molecule has 0 spiro atoms. The number of amides is 1. The molecule has 1 aromatic rings. The smallest absolute Gasteiger partial charge is 0.271 e. The van der Waals surface area contributed by atoms with E-state index < -0.39 is 0 Å². The standard InChI is InChI=1S/C8H10ClN3O/c1-5(2)12-8(13)7-6(9)3-10-4-11-7/h3-5H,1-2H3,(H,12,13). The van der Waals surface area contributed by atoms with Gasteiger partial charge in [0.1, 0.15) is 12.0 Å². The molecule has 0 aliphatic carbocycles. The number of rotatable bonds is 2. The maximum absolute atomic E-state index is 11.4. The van der Waals surface area contributed by atoms with Crippen molar-refractivity contribution in [2.75, 3.05) is 0 Å². The third kappa shape index (κ3) is 2.66. The van der Waals surface area contributed by atoms with E-state index in [1.54, 1.807) is 0 Å². The number of aromatic nitrogens is 2. The van der Waals surface area contributed by atoms with Crippen molar-refractivity contribution < 1.29 is 4.79 Å². The number of carbonyl (C=O) groups is 1. The number of halogens is 1. The van der Waals surface area contributed by atoms with Gasteiger partial charge in [-0.2, -0.15) is 0 Å². The molecule has 4 nitrogen and oxygen atoms in total. The fraction of sp³-hybridized carbons (Fsp3) is 0.375. The van der Waals surface area contributed by atoms with Gasteiger partial charge in [0.05, 0.1) is 5.02 Å². The minimum atomic E-state index is -0.276. The second kappa shape index (κ2) is 4.18. The van der Waals surface area contributed by atoms with Gasteiger partial charge in [-0.15, -0.1) is 0 Å². The van der Waals surface area contributed by atoms with Crippen molar-refractivity contribution in [3.63, 3.8) is 0 Å². The van der Waals surface area contributed by atoms with Crippen molar-refractivity contribution in [1.82, 2.24) is 15.3 Å². The predicted octanol–water partition coefficient (Wildman–Crippen LogP) is 1.27. The van der Waals surface area contributed by atoms with Crippen LogP contribution < -0.4 is 5.32 Å². The Bertz CT molecular complexity index is 314. The summed E-state index contributed by atoms with van der Waals surface area (Å²) in [4.78, 5) is 18.8. The van der Waals surface area contributed by atoms with Crippen LogP contribution in [0.1, 0.15) is 24.3 Å². The average Bonchev–Trinajstić information content (AvgIpc) is 2.03. The summed E-state index contributed by atoms with van der Waals surface area (Å²) >= 11 is 5.72. The zero-order valence-corrected chi connectivity index (χ0v) is 8.17. The lowest BCUT2D eigenvalue weighted by molar-refractivity contribution is 0.0938. The lowest BCUT2D eigenvalue weighted by atomic mass is 10.3. The van der Waals surface area contributed by atoms with E-state index in [0.717, 1.165) is 0 Å². The first kappa shape index (κ1) is 9.92. The quantitative estimate of drug-likeness (QED) is 0.781. The fourth-order valence-corrected chi connectivity index (χ4v) is 1.00. The molecular weight excluding hydrogens is 190 g/mol. The normalized spacial score (nSPS) is 10.2. The van der Waals surface area contributed by atoms with Crippen LogP contribution in [0.25, 0.3) is 0 Å².